The number of esters is 1. The molecule has 0 saturated heterocycles. The van der Waals surface area contributed by atoms with Crippen LogP contribution in [0.15, 0.2) is 48.6 Å². The number of nitrogens with one attached hydrogen (secondary N) is 1. The van der Waals surface area contributed by atoms with Gasteiger partial charge >= 0.3 is 5.97 Å². The van der Waals surface area contributed by atoms with E-state index in [9.17, 15) is 19.8 Å². The van der Waals surface area contributed by atoms with Crippen LogP contribution in [0.1, 0.15) is 278 Å². The Balaban J connectivity index is 4.57. The van der Waals surface area contributed by atoms with E-state index in [1.165, 1.54) is 148 Å². The molecule has 0 rings (SSSR count). The summed E-state index contributed by atoms with van der Waals surface area (Å²) in [6.07, 6.45) is 61.7. The first-order valence-electron chi connectivity index (χ1n) is 27.4. The zero-order valence-electron chi connectivity index (χ0n) is 42.0. The fourth-order valence-electron chi connectivity index (χ4n) is 8.31. The average molecular weight is 884 g/mol. The third kappa shape index (κ3) is 46.2. The molecule has 0 aromatic carbocycles. The predicted molar refractivity (Wildman–Crippen MR) is 273 cm³/mol. The summed E-state index contributed by atoms with van der Waals surface area (Å²) in [7, 11) is 0. The summed E-state index contributed by atoms with van der Waals surface area (Å²) in [4.78, 5) is 26.2. The van der Waals surface area contributed by atoms with Crippen molar-refractivity contribution in [1.29, 1.82) is 0 Å². The van der Waals surface area contributed by atoms with E-state index in [0.29, 0.717) is 19.3 Å². The molecule has 0 aromatic heterocycles. The molecule has 0 aliphatic rings. The quantitative estimate of drug-likeness (QED) is 0.0245. The second-order valence-electron chi connectivity index (χ2n) is 18.7. The van der Waals surface area contributed by atoms with Crippen LogP contribution in [0.5, 0.6) is 0 Å². The monoisotopic (exact) mass is 884 g/mol. The lowest BCUT2D eigenvalue weighted by Gasteiger charge is -2.24. The Labute approximate surface area is 391 Å². The van der Waals surface area contributed by atoms with Crippen LogP contribution in [-0.2, 0) is 14.3 Å². The maximum Gasteiger partial charge on any atom is 0.306 e. The molecule has 0 aliphatic heterocycles. The molecule has 63 heavy (non-hydrogen) atoms. The van der Waals surface area contributed by atoms with Gasteiger partial charge in [0.25, 0.3) is 0 Å². The number of carbonyl (C=O) groups excluding carboxylic acids is 2. The highest BCUT2D eigenvalue weighted by atomic mass is 16.5. The van der Waals surface area contributed by atoms with Gasteiger partial charge in [-0.1, -0.05) is 243 Å². The number of hydrogen-bond donors (Lipinski definition) is 3. The molecule has 0 saturated carbocycles. The number of unbranched alkanes of at least 4 members (excludes halogenated alkanes) is 31. The van der Waals surface area contributed by atoms with Crippen molar-refractivity contribution in [1.82, 2.24) is 5.32 Å². The van der Waals surface area contributed by atoms with Crippen LogP contribution in [-0.4, -0.2) is 46.9 Å². The highest BCUT2D eigenvalue weighted by Gasteiger charge is 2.24. The first-order chi connectivity index (χ1) is 31.0. The van der Waals surface area contributed by atoms with Crippen LogP contribution in [0, 0.1) is 0 Å². The summed E-state index contributed by atoms with van der Waals surface area (Å²) < 4.78 is 5.94. The molecule has 6 nitrogen and oxygen atoms in total. The van der Waals surface area contributed by atoms with Gasteiger partial charge in [0.1, 0.15) is 6.10 Å². The summed E-state index contributed by atoms with van der Waals surface area (Å²) in [6, 6.07) is -0.708. The van der Waals surface area contributed by atoms with Gasteiger partial charge in [-0.05, 0) is 70.6 Å². The van der Waals surface area contributed by atoms with Crippen molar-refractivity contribution < 1.29 is 24.5 Å². The van der Waals surface area contributed by atoms with Gasteiger partial charge in [0, 0.05) is 6.42 Å². The first kappa shape index (κ1) is 60.8. The molecule has 1 amide bonds. The Morgan fingerprint density at radius 3 is 1.35 bits per heavy atom. The molecule has 0 bridgehead atoms. The predicted octanol–water partition coefficient (Wildman–Crippen LogP) is 16.6. The van der Waals surface area contributed by atoms with E-state index in [2.05, 4.69) is 74.7 Å². The molecule has 0 aromatic rings. The maximum atomic E-state index is 13.2. The van der Waals surface area contributed by atoms with Crippen LogP contribution in [0.4, 0.5) is 0 Å². The van der Waals surface area contributed by atoms with Crippen molar-refractivity contribution in [2.24, 2.45) is 0 Å². The molecule has 3 unspecified atom stereocenters. The number of amides is 1. The van der Waals surface area contributed by atoms with Crippen LogP contribution in [0.3, 0.4) is 0 Å². The molecular weight excluding hydrogens is 779 g/mol. The van der Waals surface area contributed by atoms with Gasteiger partial charge < -0.3 is 20.3 Å². The Bertz CT molecular complexity index is 1080. The molecule has 6 heteroatoms. The van der Waals surface area contributed by atoms with Gasteiger partial charge in [-0.15, -0.1) is 0 Å². The van der Waals surface area contributed by atoms with Crippen molar-refractivity contribution >= 4 is 11.9 Å². The number of carbonyl (C=O) groups is 2. The minimum absolute atomic E-state index is 0.0631. The SMILES string of the molecule is CC/C=C/C=C/C=C/CCCCCCCCCC(=O)OC(CCCCC/C=C/CCCCCCCCC)CC(=O)NC(CO)C(O)CCCCCCCCCCCCCCCCC. The molecule has 0 radical (unpaired) electrons. The fourth-order valence-corrected chi connectivity index (χ4v) is 8.31. The molecule has 0 fully saturated rings. The molecule has 0 aliphatic carbocycles. The Morgan fingerprint density at radius 1 is 0.476 bits per heavy atom. The highest BCUT2D eigenvalue weighted by molar-refractivity contribution is 5.77. The second kappa shape index (κ2) is 50.8. The normalized spacial score (nSPS) is 13.5. The second-order valence-corrected chi connectivity index (χ2v) is 18.7. The topological polar surface area (TPSA) is 95.9 Å². The van der Waals surface area contributed by atoms with Gasteiger partial charge in [0.05, 0.1) is 25.2 Å². The van der Waals surface area contributed by atoms with Crippen molar-refractivity contribution in [2.75, 3.05) is 6.61 Å². The van der Waals surface area contributed by atoms with Crippen LogP contribution in [0.2, 0.25) is 0 Å². The van der Waals surface area contributed by atoms with Crippen molar-refractivity contribution in [3.8, 4) is 0 Å². The summed E-state index contributed by atoms with van der Waals surface area (Å²) in [6.45, 7) is 6.37. The number of rotatable bonds is 49. The Hall–Kier alpha value is -2.18. The van der Waals surface area contributed by atoms with E-state index in [0.717, 1.165) is 83.5 Å². The third-order valence-corrected chi connectivity index (χ3v) is 12.5. The molecule has 3 N–H and O–H groups in total. The number of ether oxygens (including phenoxy) is 1. The van der Waals surface area contributed by atoms with E-state index < -0.39 is 18.2 Å². The zero-order valence-corrected chi connectivity index (χ0v) is 42.0. The number of aliphatic hydroxyl groups is 2. The summed E-state index contributed by atoms with van der Waals surface area (Å²) in [5, 5.41) is 23.8. The maximum absolute atomic E-state index is 13.2. The number of hydrogen-bond acceptors (Lipinski definition) is 5. The van der Waals surface area contributed by atoms with Gasteiger partial charge in [0.2, 0.25) is 5.91 Å². The molecule has 0 heterocycles. The lowest BCUT2D eigenvalue weighted by molar-refractivity contribution is -0.151. The van der Waals surface area contributed by atoms with Gasteiger partial charge in [-0.25, -0.2) is 0 Å². The lowest BCUT2D eigenvalue weighted by atomic mass is 10.0. The van der Waals surface area contributed by atoms with Crippen LogP contribution in [0.25, 0.3) is 0 Å². The third-order valence-electron chi connectivity index (χ3n) is 12.5. The molecule has 368 valence electrons. The fraction of sp³-hybridized carbons (Fsp3) is 0.825. The minimum atomic E-state index is -0.794. The Kier molecular flexibility index (Phi) is 49.1. The Morgan fingerprint density at radius 2 is 0.873 bits per heavy atom. The summed E-state index contributed by atoms with van der Waals surface area (Å²) >= 11 is 0. The number of allylic oxidation sites excluding steroid dienone is 8. The zero-order chi connectivity index (χ0) is 45.9. The summed E-state index contributed by atoms with van der Waals surface area (Å²) in [5.74, 6) is -0.495. The largest absolute Gasteiger partial charge is 0.462 e. The minimum Gasteiger partial charge on any atom is -0.462 e. The first-order valence-corrected chi connectivity index (χ1v) is 27.4. The van der Waals surface area contributed by atoms with Crippen LogP contribution >= 0.6 is 0 Å². The van der Waals surface area contributed by atoms with E-state index in [-0.39, 0.29) is 24.9 Å². The van der Waals surface area contributed by atoms with Crippen LogP contribution < -0.4 is 5.32 Å². The summed E-state index contributed by atoms with van der Waals surface area (Å²) in [5.41, 5.74) is 0. The molecule has 3 atom stereocenters. The molecule has 0 spiro atoms. The highest BCUT2D eigenvalue weighted by Crippen LogP contribution is 2.18. The lowest BCUT2D eigenvalue weighted by Crippen LogP contribution is -2.46. The standard InChI is InChI=1S/C57H105NO5/c1-4-7-10-13-16-19-22-25-28-31-34-37-40-43-46-49-55(60)54(52-59)58-56(61)51-53(48-45-42-39-36-33-30-27-24-21-18-15-12-9-6-3)63-57(62)50-47-44-41-38-35-32-29-26-23-20-17-14-11-8-5-2/h8,11,14,17,20,23,30,33,53-55,59-60H,4-7,9-10,12-13,15-16,18-19,21-22,24-29,31-32,34-52H2,1-3H3,(H,58,61)/b11-8+,17-14+,23-20+,33-30+. The molecular formula is C57H105NO5. The van der Waals surface area contributed by atoms with Gasteiger partial charge in [0.15, 0.2) is 0 Å². The average Bonchev–Trinajstić information content (AvgIpc) is 3.28. The smallest absolute Gasteiger partial charge is 0.306 e. The van der Waals surface area contributed by atoms with Crippen molar-refractivity contribution in [3.05, 3.63) is 48.6 Å². The van der Waals surface area contributed by atoms with Crippen molar-refractivity contribution in [2.45, 2.75) is 296 Å². The van der Waals surface area contributed by atoms with Crippen molar-refractivity contribution in [3.63, 3.8) is 0 Å². The van der Waals surface area contributed by atoms with E-state index in [1.54, 1.807) is 0 Å². The van der Waals surface area contributed by atoms with E-state index >= 15 is 0 Å². The van der Waals surface area contributed by atoms with E-state index in [1.807, 2.05) is 0 Å². The van der Waals surface area contributed by atoms with Gasteiger partial charge in [-0.3, -0.25) is 9.59 Å². The number of aliphatic hydroxyl groups excluding tert-OH is 2. The van der Waals surface area contributed by atoms with E-state index in [4.69, 9.17) is 4.74 Å². The van der Waals surface area contributed by atoms with Gasteiger partial charge in [-0.2, -0.15) is 0 Å².